The lowest BCUT2D eigenvalue weighted by molar-refractivity contribution is 0.0963. The Bertz CT molecular complexity index is 1050. The first-order valence-corrected chi connectivity index (χ1v) is 9.10. The molecule has 138 valence electrons. The number of ether oxygens (including phenoxy) is 2. The predicted molar refractivity (Wildman–Crippen MR) is 106 cm³/mol. The first kappa shape index (κ1) is 17.6. The van der Waals surface area contributed by atoms with Crippen molar-refractivity contribution in [2.45, 2.75) is 13.3 Å². The van der Waals surface area contributed by atoms with E-state index in [0.717, 1.165) is 27.9 Å². The second kappa shape index (κ2) is 7.08. The minimum Gasteiger partial charge on any atom is -0.497 e. The summed E-state index contributed by atoms with van der Waals surface area (Å²) in [4.78, 5) is 17.6. The molecule has 27 heavy (non-hydrogen) atoms. The van der Waals surface area contributed by atoms with Crippen LogP contribution in [0.15, 0.2) is 47.5 Å². The third kappa shape index (κ3) is 3.19. The van der Waals surface area contributed by atoms with Crippen molar-refractivity contribution in [1.29, 1.82) is 0 Å². The monoisotopic (exact) mass is 382 g/mol. The number of fused-ring (bicyclic) bond motifs is 1. The normalized spacial score (nSPS) is 13.5. The van der Waals surface area contributed by atoms with Gasteiger partial charge in [0.05, 0.1) is 25.6 Å². The van der Waals surface area contributed by atoms with Crippen molar-refractivity contribution in [1.82, 2.24) is 4.57 Å². The highest BCUT2D eigenvalue weighted by molar-refractivity contribution is 6.30. The van der Waals surface area contributed by atoms with Gasteiger partial charge in [0.1, 0.15) is 12.4 Å². The van der Waals surface area contributed by atoms with Gasteiger partial charge in [0.15, 0.2) is 5.90 Å². The van der Waals surface area contributed by atoms with Crippen LogP contribution >= 0.6 is 11.6 Å². The Kier molecular flexibility index (Phi) is 4.62. The highest BCUT2D eigenvalue weighted by Crippen LogP contribution is 2.31. The van der Waals surface area contributed by atoms with Crippen LogP contribution in [0.4, 0.5) is 0 Å². The Morgan fingerprint density at radius 1 is 1.26 bits per heavy atom. The summed E-state index contributed by atoms with van der Waals surface area (Å²) >= 11 is 5.96. The van der Waals surface area contributed by atoms with Crippen LogP contribution in [0.3, 0.4) is 0 Å². The lowest BCUT2D eigenvalue weighted by atomic mass is 10.1. The maximum absolute atomic E-state index is 13.2. The van der Waals surface area contributed by atoms with Crippen LogP contribution in [0.5, 0.6) is 5.75 Å². The van der Waals surface area contributed by atoms with E-state index < -0.39 is 0 Å². The van der Waals surface area contributed by atoms with Gasteiger partial charge in [-0.25, -0.2) is 0 Å². The summed E-state index contributed by atoms with van der Waals surface area (Å²) in [6.07, 6.45) is 0.552. The number of benzene rings is 2. The standard InChI is InChI=1S/C21H19ClN2O3/c1-13-17(12-20-23-9-10-27-20)18-11-16(26-2)7-8-19(18)24(13)21(25)14-3-5-15(22)6-4-14/h3-8,11H,9-10,12H2,1-2H3. The number of halogens is 1. The van der Waals surface area contributed by atoms with E-state index in [1.165, 1.54) is 0 Å². The van der Waals surface area contributed by atoms with Crippen LogP contribution in [0, 0.1) is 6.92 Å². The molecule has 0 fully saturated rings. The fraction of sp³-hybridized carbons (Fsp3) is 0.238. The molecule has 0 N–H and O–H groups in total. The van der Waals surface area contributed by atoms with Gasteiger partial charge in [-0.3, -0.25) is 14.4 Å². The molecular weight excluding hydrogens is 364 g/mol. The molecule has 0 saturated heterocycles. The van der Waals surface area contributed by atoms with Crippen molar-refractivity contribution in [3.63, 3.8) is 0 Å². The summed E-state index contributed by atoms with van der Waals surface area (Å²) in [5.74, 6) is 1.35. The number of aliphatic imine (C=N–C) groups is 1. The van der Waals surface area contributed by atoms with E-state index in [0.29, 0.717) is 36.1 Å². The zero-order valence-corrected chi connectivity index (χ0v) is 15.9. The molecule has 0 radical (unpaired) electrons. The van der Waals surface area contributed by atoms with Crippen LogP contribution in [0.2, 0.25) is 5.02 Å². The maximum atomic E-state index is 13.2. The predicted octanol–water partition coefficient (Wildman–Crippen LogP) is 4.27. The van der Waals surface area contributed by atoms with Crippen LogP contribution in [0.1, 0.15) is 21.6 Å². The molecule has 2 aromatic carbocycles. The second-order valence-electron chi connectivity index (χ2n) is 6.40. The molecule has 0 saturated carbocycles. The fourth-order valence-corrected chi connectivity index (χ4v) is 3.56. The Labute approximate surface area is 162 Å². The van der Waals surface area contributed by atoms with E-state index >= 15 is 0 Å². The Morgan fingerprint density at radius 2 is 2.04 bits per heavy atom. The number of hydrogen-bond donors (Lipinski definition) is 0. The number of rotatable bonds is 4. The molecule has 1 aliphatic rings. The summed E-state index contributed by atoms with van der Waals surface area (Å²) in [5, 5.41) is 1.56. The van der Waals surface area contributed by atoms with Crippen molar-refractivity contribution in [2.24, 2.45) is 4.99 Å². The van der Waals surface area contributed by atoms with E-state index in [1.807, 2.05) is 25.1 Å². The van der Waals surface area contributed by atoms with Gasteiger partial charge < -0.3 is 9.47 Å². The zero-order chi connectivity index (χ0) is 19.0. The molecule has 2 heterocycles. The number of methoxy groups -OCH3 is 1. The van der Waals surface area contributed by atoms with Gasteiger partial charge in [0, 0.05) is 21.7 Å². The van der Waals surface area contributed by atoms with Crippen molar-refractivity contribution < 1.29 is 14.3 Å². The average molecular weight is 383 g/mol. The molecular formula is C21H19ClN2O3. The molecule has 6 heteroatoms. The lowest BCUT2D eigenvalue weighted by Gasteiger charge is -2.08. The van der Waals surface area contributed by atoms with Crippen LogP contribution < -0.4 is 4.74 Å². The number of carbonyl (C=O) groups is 1. The molecule has 0 aliphatic carbocycles. The molecule has 1 aliphatic heterocycles. The van der Waals surface area contributed by atoms with Gasteiger partial charge in [0.2, 0.25) is 0 Å². The Hall–Kier alpha value is -2.79. The van der Waals surface area contributed by atoms with Crippen LogP contribution in [-0.2, 0) is 11.2 Å². The molecule has 0 atom stereocenters. The van der Waals surface area contributed by atoms with Gasteiger partial charge in [-0.15, -0.1) is 0 Å². The summed E-state index contributed by atoms with van der Waals surface area (Å²) in [7, 11) is 1.63. The Morgan fingerprint density at radius 3 is 2.70 bits per heavy atom. The number of aromatic nitrogens is 1. The summed E-state index contributed by atoms with van der Waals surface area (Å²) < 4.78 is 12.7. The SMILES string of the molecule is COc1ccc2c(c1)c(CC1=NCCO1)c(C)n2C(=O)c1ccc(Cl)cc1. The maximum Gasteiger partial charge on any atom is 0.262 e. The van der Waals surface area contributed by atoms with E-state index in [-0.39, 0.29) is 5.91 Å². The van der Waals surface area contributed by atoms with Crippen LogP contribution in [0.25, 0.3) is 10.9 Å². The van der Waals surface area contributed by atoms with Gasteiger partial charge in [-0.1, -0.05) is 11.6 Å². The smallest absolute Gasteiger partial charge is 0.262 e. The quantitative estimate of drug-likeness (QED) is 0.677. The van der Waals surface area contributed by atoms with E-state index in [1.54, 1.807) is 35.9 Å². The first-order valence-electron chi connectivity index (χ1n) is 8.73. The number of hydrogen-bond acceptors (Lipinski definition) is 4. The van der Waals surface area contributed by atoms with Gasteiger partial charge in [-0.05, 0) is 55.0 Å². The largest absolute Gasteiger partial charge is 0.497 e. The highest BCUT2D eigenvalue weighted by atomic mass is 35.5. The molecule has 0 bridgehead atoms. The summed E-state index contributed by atoms with van der Waals surface area (Å²) in [6, 6.07) is 12.7. The minimum absolute atomic E-state index is 0.0973. The molecule has 3 aromatic rings. The van der Waals surface area contributed by atoms with Crippen molar-refractivity contribution in [3.05, 3.63) is 64.3 Å². The van der Waals surface area contributed by atoms with Crippen molar-refractivity contribution in [3.8, 4) is 5.75 Å². The minimum atomic E-state index is -0.0973. The molecule has 0 unspecified atom stereocenters. The summed E-state index contributed by atoms with van der Waals surface area (Å²) in [5.41, 5.74) is 3.31. The van der Waals surface area contributed by atoms with Gasteiger partial charge in [-0.2, -0.15) is 0 Å². The second-order valence-corrected chi connectivity index (χ2v) is 6.83. The first-order chi connectivity index (χ1) is 13.1. The third-order valence-electron chi connectivity index (χ3n) is 4.81. The van der Waals surface area contributed by atoms with Gasteiger partial charge in [0.25, 0.3) is 5.91 Å². The topological polar surface area (TPSA) is 52.8 Å². The number of carbonyl (C=O) groups excluding carboxylic acids is 1. The average Bonchev–Trinajstić information content (AvgIpc) is 3.28. The zero-order valence-electron chi connectivity index (χ0n) is 15.2. The summed E-state index contributed by atoms with van der Waals surface area (Å²) in [6.45, 7) is 3.24. The number of nitrogens with zero attached hydrogens (tertiary/aromatic N) is 2. The highest BCUT2D eigenvalue weighted by Gasteiger charge is 2.22. The molecule has 0 amide bonds. The lowest BCUT2D eigenvalue weighted by Crippen LogP contribution is -2.14. The third-order valence-corrected chi connectivity index (χ3v) is 5.06. The van der Waals surface area contributed by atoms with Crippen molar-refractivity contribution in [2.75, 3.05) is 20.3 Å². The van der Waals surface area contributed by atoms with E-state index in [2.05, 4.69) is 4.99 Å². The molecule has 1 aromatic heterocycles. The van der Waals surface area contributed by atoms with Crippen molar-refractivity contribution >= 4 is 34.3 Å². The van der Waals surface area contributed by atoms with E-state index in [4.69, 9.17) is 21.1 Å². The van der Waals surface area contributed by atoms with Gasteiger partial charge >= 0.3 is 0 Å². The fourth-order valence-electron chi connectivity index (χ4n) is 3.43. The molecule has 4 rings (SSSR count). The van der Waals surface area contributed by atoms with E-state index in [9.17, 15) is 4.79 Å². The Balaban J connectivity index is 1.88. The molecule has 0 spiro atoms. The molecule has 5 nitrogen and oxygen atoms in total. The van der Waals surface area contributed by atoms with Crippen LogP contribution in [-0.4, -0.2) is 36.6 Å².